The largest absolute Gasteiger partial charge is 0.356 e. The highest BCUT2D eigenvalue weighted by Crippen LogP contribution is 2.24. The minimum absolute atomic E-state index is 0. The number of aromatic nitrogens is 2. The SMILES string of the molecule is COC(CC(OC)OC)OC.Cl.Clc1ccc(-n2cccn2)c(Cl)c1.NNc1ccc(Cl)cc1Cl. The fraction of sp³-hybridized carbons (Fsp3) is 0.318. The van der Waals surface area contributed by atoms with Gasteiger partial charge >= 0.3 is 0 Å². The first-order chi connectivity index (χ1) is 16.3. The summed E-state index contributed by atoms with van der Waals surface area (Å²) in [6.45, 7) is 0. The third-order valence-corrected chi connectivity index (χ3v) is 5.27. The highest BCUT2D eigenvalue weighted by atomic mass is 35.5. The van der Waals surface area contributed by atoms with Crippen LogP contribution in [0.5, 0.6) is 0 Å². The van der Waals surface area contributed by atoms with Crippen LogP contribution in [0.2, 0.25) is 20.1 Å². The normalized spacial score (nSPS) is 10.1. The molecule has 0 saturated heterocycles. The molecule has 13 heteroatoms. The third-order valence-electron chi connectivity index (χ3n) is 4.18. The first-order valence-electron chi connectivity index (χ1n) is 9.77. The molecule has 8 nitrogen and oxygen atoms in total. The molecule has 0 atom stereocenters. The number of halogens is 5. The van der Waals surface area contributed by atoms with E-state index in [1.54, 1.807) is 69.6 Å². The van der Waals surface area contributed by atoms with Crippen LogP contribution in [0.3, 0.4) is 0 Å². The predicted molar refractivity (Wildman–Crippen MR) is 145 cm³/mol. The molecule has 2 aromatic carbocycles. The highest BCUT2D eigenvalue weighted by Gasteiger charge is 2.13. The number of ether oxygens (including phenoxy) is 4. The van der Waals surface area contributed by atoms with Gasteiger partial charge in [0.25, 0.3) is 0 Å². The van der Waals surface area contributed by atoms with E-state index in [0.29, 0.717) is 32.2 Å². The molecule has 0 radical (unpaired) electrons. The molecule has 0 saturated carbocycles. The number of anilines is 1. The Morgan fingerprint density at radius 3 is 1.77 bits per heavy atom. The summed E-state index contributed by atoms with van der Waals surface area (Å²) in [4.78, 5) is 0. The fourth-order valence-corrected chi connectivity index (χ4v) is 3.38. The van der Waals surface area contributed by atoms with Crippen molar-refractivity contribution in [2.45, 2.75) is 19.0 Å². The van der Waals surface area contributed by atoms with Crippen LogP contribution in [0, 0.1) is 0 Å². The van der Waals surface area contributed by atoms with Gasteiger partial charge in [0, 0.05) is 57.3 Å². The summed E-state index contributed by atoms with van der Waals surface area (Å²) in [6, 6.07) is 12.2. The van der Waals surface area contributed by atoms with E-state index >= 15 is 0 Å². The average molecular weight is 591 g/mol. The molecule has 0 aliphatic carbocycles. The second-order valence-corrected chi connectivity index (χ2v) is 8.04. The lowest BCUT2D eigenvalue weighted by Crippen LogP contribution is -2.24. The van der Waals surface area contributed by atoms with Gasteiger partial charge < -0.3 is 24.4 Å². The number of benzene rings is 2. The lowest BCUT2D eigenvalue weighted by molar-refractivity contribution is -0.178. The monoisotopic (exact) mass is 588 g/mol. The lowest BCUT2D eigenvalue weighted by Gasteiger charge is -2.18. The number of hydrogen-bond acceptors (Lipinski definition) is 7. The second kappa shape index (κ2) is 18.9. The van der Waals surface area contributed by atoms with Gasteiger partial charge in [-0.3, -0.25) is 5.84 Å². The zero-order valence-corrected chi connectivity index (χ0v) is 23.4. The van der Waals surface area contributed by atoms with Gasteiger partial charge in [0.15, 0.2) is 12.6 Å². The molecule has 35 heavy (non-hydrogen) atoms. The second-order valence-electron chi connectivity index (χ2n) is 6.35. The number of hydrogen-bond donors (Lipinski definition) is 2. The van der Waals surface area contributed by atoms with Gasteiger partial charge in [0.2, 0.25) is 0 Å². The summed E-state index contributed by atoms with van der Waals surface area (Å²) in [6.07, 6.45) is 3.57. The quantitative estimate of drug-likeness (QED) is 0.176. The van der Waals surface area contributed by atoms with Gasteiger partial charge in [-0.15, -0.1) is 12.4 Å². The molecule has 196 valence electrons. The third kappa shape index (κ3) is 12.5. The Labute approximate surface area is 231 Å². The molecule has 3 N–H and O–H groups in total. The number of hydrazine groups is 1. The van der Waals surface area contributed by atoms with Gasteiger partial charge in [-0.1, -0.05) is 46.4 Å². The van der Waals surface area contributed by atoms with E-state index < -0.39 is 0 Å². The Balaban J connectivity index is 0.000000494. The van der Waals surface area contributed by atoms with Crippen LogP contribution >= 0.6 is 58.8 Å². The van der Waals surface area contributed by atoms with Crippen molar-refractivity contribution < 1.29 is 18.9 Å². The van der Waals surface area contributed by atoms with Crippen LogP contribution in [0.1, 0.15) is 6.42 Å². The van der Waals surface area contributed by atoms with Gasteiger partial charge in [0.05, 0.1) is 21.4 Å². The number of nitrogens with zero attached hydrogens (tertiary/aromatic N) is 2. The molecule has 0 aliphatic rings. The van der Waals surface area contributed by atoms with E-state index in [2.05, 4.69) is 10.5 Å². The molecule has 0 bridgehead atoms. The average Bonchev–Trinajstić information content (AvgIpc) is 3.36. The predicted octanol–water partition coefficient (Wildman–Crippen LogP) is 6.49. The molecule has 3 aromatic rings. The fourth-order valence-electron chi connectivity index (χ4n) is 2.42. The van der Waals surface area contributed by atoms with E-state index in [-0.39, 0.29) is 25.0 Å². The smallest absolute Gasteiger partial charge is 0.161 e. The van der Waals surface area contributed by atoms with Crippen LogP contribution in [0.4, 0.5) is 5.69 Å². The molecule has 0 amide bonds. The molecule has 3 rings (SSSR count). The van der Waals surface area contributed by atoms with Crippen LogP contribution < -0.4 is 11.3 Å². The Morgan fingerprint density at radius 2 is 1.37 bits per heavy atom. The highest BCUT2D eigenvalue weighted by molar-refractivity contribution is 6.36. The summed E-state index contributed by atoms with van der Waals surface area (Å²) in [5.41, 5.74) is 3.93. The van der Waals surface area contributed by atoms with E-state index in [4.69, 9.17) is 71.2 Å². The Kier molecular flexibility index (Phi) is 18.2. The topological polar surface area (TPSA) is 92.8 Å². The van der Waals surface area contributed by atoms with Crippen LogP contribution in [0.25, 0.3) is 5.69 Å². The van der Waals surface area contributed by atoms with Gasteiger partial charge in [-0.2, -0.15) is 5.10 Å². The zero-order valence-electron chi connectivity index (χ0n) is 19.6. The molecular weight excluding hydrogens is 562 g/mol. The summed E-state index contributed by atoms with van der Waals surface area (Å²) >= 11 is 23.1. The summed E-state index contributed by atoms with van der Waals surface area (Å²) in [5.74, 6) is 5.12. The Bertz CT molecular complexity index is 949. The molecule has 0 spiro atoms. The molecule has 1 aromatic heterocycles. The van der Waals surface area contributed by atoms with Gasteiger partial charge in [-0.25, -0.2) is 4.68 Å². The van der Waals surface area contributed by atoms with Crippen molar-refractivity contribution in [2.75, 3.05) is 33.9 Å². The maximum Gasteiger partial charge on any atom is 0.161 e. The van der Waals surface area contributed by atoms with E-state index in [0.717, 1.165) is 5.69 Å². The van der Waals surface area contributed by atoms with Gasteiger partial charge in [0.1, 0.15) is 0 Å². The zero-order chi connectivity index (χ0) is 25.5. The van der Waals surface area contributed by atoms with Crippen molar-refractivity contribution in [3.05, 3.63) is 74.9 Å². The van der Waals surface area contributed by atoms with Crippen molar-refractivity contribution in [1.82, 2.24) is 9.78 Å². The number of nitrogens with one attached hydrogen (secondary N) is 1. The molecule has 0 aliphatic heterocycles. The Hall–Kier alpha value is -1.30. The molecular formula is C22H29Cl5N4O4. The van der Waals surface area contributed by atoms with Crippen molar-refractivity contribution in [3.63, 3.8) is 0 Å². The van der Waals surface area contributed by atoms with Crippen molar-refractivity contribution >= 4 is 64.5 Å². The van der Waals surface area contributed by atoms with Gasteiger partial charge in [-0.05, 0) is 42.5 Å². The number of methoxy groups -OCH3 is 4. The lowest BCUT2D eigenvalue weighted by atomic mass is 10.3. The van der Waals surface area contributed by atoms with E-state index in [1.165, 1.54) is 0 Å². The number of rotatable bonds is 8. The van der Waals surface area contributed by atoms with Crippen molar-refractivity contribution in [3.8, 4) is 5.69 Å². The first-order valence-corrected chi connectivity index (χ1v) is 11.3. The molecule has 1 heterocycles. The summed E-state index contributed by atoms with van der Waals surface area (Å²) in [7, 11) is 6.32. The first kappa shape index (κ1) is 33.7. The maximum absolute atomic E-state index is 5.98. The van der Waals surface area contributed by atoms with E-state index in [1.807, 2.05) is 18.3 Å². The van der Waals surface area contributed by atoms with Crippen LogP contribution in [-0.4, -0.2) is 50.8 Å². The number of nitrogens with two attached hydrogens (primary N) is 1. The standard InChI is InChI=1S/C9H6Cl2N2.C7H16O4.C6H6Cl2N2.ClH/c10-7-2-3-9(8(11)6-7)13-5-1-4-12-13;1-8-6(9-2)5-7(10-3)11-4;7-4-1-2-6(10-9)5(8)3-4;/h1-6H;6-7H,5H2,1-4H3;1-3,10H,9H2;1H. The molecule has 0 fully saturated rings. The van der Waals surface area contributed by atoms with Crippen molar-refractivity contribution in [1.29, 1.82) is 0 Å². The summed E-state index contributed by atoms with van der Waals surface area (Å²) in [5, 5.41) is 6.41. The van der Waals surface area contributed by atoms with Crippen molar-refractivity contribution in [2.24, 2.45) is 5.84 Å². The minimum atomic E-state index is -0.264. The van der Waals surface area contributed by atoms with E-state index in [9.17, 15) is 0 Å². The van der Waals surface area contributed by atoms with Crippen LogP contribution in [0.15, 0.2) is 54.9 Å². The number of nitrogen functional groups attached to an aromatic ring is 1. The summed E-state index contributed by atoms with van der Waals surface area (Å²) < 4.78 is 21.5. The Morgan fingerprint density at radius 1 is 0.857 bits per heavy atom. The minimum Gasteiger partial charge on any atom is -0.356 e. The molecule has 0 unspecified atom stereocenters. The maximum atomic E-state index is 5.98. The van der Waals surface area contributed by atoms with Crippen LogP contribution in [-0.2, 0) is 18.9 Å².